The van der Waals surface area contributed by atoms with Gasteiger partial charge in [0.25, 0.3) is 0 Å². The fourth-order valence-electron chi connectivity index (χ4n) is 2.32. The highest BCUT2D eigenvalue weighted by Crippen LogP contribution is 2.27. The average molecular weight is 270 g/mol. The third-order valence-electron chi connectivity index (χ3n) is 2.95. The number of benzene rings is 1. The Labute approximate surface area is 111 Å². The van der Waals surface area contributed by atoms with Crippen LogP contribution in [0.25, 0.3) is 0 Å². The molecule has 1 aliphatic heterocycles. The number of carboxylic acid groups (broad SMARTS) is 1. The van der Waals surface area contributed by atoms with E-state index in [1.54, 1.807) is 18.2 Å². The number of nitrogens with zero attached hydrogens (tertiary/aromatic N) is 1. The largest absolute Gasteiger partial charge is 0.478 e. The number of rotatable bonds is 2. The van der Waals surface area contributed by atoms with Crippen molar-refractivity contribution in [3.63, 3.8) is 0 Å². The van der Waals surface area contributed by atoms with Gasteiger partial charge in [-0.1, -0.05) is 11.6 Å². The lowest BCUT2D eigenvalue weighted by atomic mass is 10.1. The van der Waals surface area contributed by atoms with Crippen LogP contribution in [-0.2, 0) is 4.74 Å². The van der Waals surface area contributed by atoms with Crippen molar-refractivity contribution in [1.29, 1.82) is 0 Å². The van der Waals surface area contributed by atoms with E-state index >= 15 is 0 Å². The van der Waals surface area contributed by atoms with E-state index in [0.29, 0.717) is 23.8 Å². The van der Waals surface area contributed by atoms with Crippen LogP contribution in [0, 0.1) is 0 Å². The second-order valence-corrected chi connectivity index (χ2v) is 5.07. The van der Waals surface area contributed by atoms with Gasteiger partial charge in [-0.25, -0.2) is 4.79 Å². The number of hydrogen-bond acceptors (Lipinski definition) is 3. The zero-order valence-electron chi connectivity index (χ0n) is 10.4. The molecule has 0 aromatic heterocycles. The van der Waals surface area contributed by atoms with Gasteiger partial charge in [-0.05, 0) is 32.0 Å². The van der Waals surface area contributed by atoms with Gasteiger partial charge < -0.3 is 14.7 Å². The van der Waals surface area contributed by atoms with Crippen molar-refractivity contribution < 1.29 is 14.6 Å². The molecule has 5 heteroatoms. The lowest BCUT2D eigenvalue weighted by molar-refractivity contribution is -0.00531. The minimum atomic E-state index is -0.937. The maximum absolute atomic E-state index is 11.2. The molecule has 2 rings (SSSR count). The van der Waals surface area contributed by atoms with E-state index in [1.165, 1.54) is 0 Å². The number of carbonyl (C=O) groups is 1. The number of morpholine rings is 1. The Balaban J connectivity index is 2.36. The van der Waals surface area contributed by atoms with Gasteiger partial charge in [-0.2, -0.15) is 0 Å². The van der Waals surface area contributed by atoms with E-state index in [4.69, 9.17) is 16.3 Å². The number of halogens is 1. The predicted molar refractivity (Wildman–Crippen MR) is 70.6 cm³/mol. The van der Waals surface area contributed by atoms with Crippen LogP contribution in [0.15, 0.2) is 18.2 Å². The number of ether oxygens (including phenoxy) is 1. The molecule has 0 amide bonds. The highest BCUT2D eigenvalue weighted by molar-refractivity contribution is 6.31. The van der Waals surface area contributed by atoms with Crippen LogP contribution < -0.4 is 4.90 Å². The number of aromatic carboxylic acids is 1. The van der Waals surface area contributed by atoms with Gasteiger partial charge in [0.05, 0.1) is 23.5 Å². The van der Waals surface area contributed by atoms with Gasteiger partial charge in [0.15, 0.2) is 0 Å². The molecule has 0 spiro atoms. The summed E-state index contributed by atoms with van der Waals surface area (Å²) in [6.45, 7) is 5.30. The van der Waals surface area contributed by atoms with Crippen molar-refractivity contribution in [2.24, 2.45) is 0 Å². The van der Waals surface area contributed by atoms with Crippen molar-refractivity contribution in [2.75, 3.05) is 18.0 Å². The maximum atomic E-state index is 11.2. The van der Waals surface area contributed by atoms with Gasteiger partial charge in [-0.3, -0.25) is 0 Å². The lowest BCUT2D eigenvalue weighted by Gasteiger charge is -2.37. The van der Waals surface area contributed by atoms with Crippen LogP contribution in [-0.4, -0.2) is 36.4 Å². The van der Waals surface area contributed by atoms with Gasteiger partial charge in [0.1, 0.15) is 0 Å². The Bertz CT molecular complexity index is 454. The summed E-state index contributed by atoms with van der Waals surface area (Å²) >= 11 is 5.96. The van der Waals surface area contributed by atoms with E-state index < -0.39 is 5.97 Å². The van der Waals surface area contributed by atoms with Crippen molar-refractivity contribution in [1.82, 2.24) is 0 Å². The molecule has 0 radical (unpaired) electrons. The molecule has 1 saturated heterocycles. The molecule has 0 unspecified atom stereocenters. The third-order valence-corrected chi connectivity index (χ3v) is 3.19. The van der Waals surface area contributed by atoms with E-state index in [9.17, 15) is 9.90 Å². The first-order valence-electron chi connectivity index (χ1n) is 5.90. The quantitative estimate of drug-likeness (QED) is 0.897. The van der Waals surface area contributed by atoms with Crippen molar-refractivity contribution in [3.8, 4) is 0 Å². The summed E-state index contributed by atoms with van der Waals surface area (Å²) < 4.78 is 5.65. The lowest BCUT2D eigenvalue weighted by Crippen LogP contribution is -2.46. The first kappa shape index (κ1) is 13.2. The molecule has 98 valence electrons. The summed E-state index contributed by atoms with van der Waals surface area (Å²) in [5, 5.41) is 9.76. The minimum Gasteiger partial charge on any atom is -0.478 e. The molecular weight excluding hydrogens is 254 g/mol. The first-order chi connectivity index (χ1) is 8.47. The van der Waals surface area contributed by atoms with Gasteiger partial charge in [0, 0.05) is 18.1 Å². The molecule has 1 aliphatic rings. The second-order valence-electron chi connectivity index (χ2n) is 4.63. The van der Waals surface area contributed by atoms with Gasteiger partial charge in [-0.15, -0.1) is 0 Å². The smallest absolute Gasteiger partial charge is 0.337 e. The second kappa shape index (κ2) is 5.16. The highest BCUT2D eigenvalue weighted by atomic mass is 35.5. The molecular formula is C13H16ClNO3. The Morgan fingerprint density at radius 3 is 2.56 bits per heavy atom. The van der Waals surface area contributed by atoms with Crippen molar-refractivity contribution >= 4 is 23.3 Å². The summed E-state index contributed by atoms with van der Waals surface area (Å²) in [5.41, 5.74) is 0.942. The zero-order chi connectivity index (χ0) is 13.3. The molecule has 1 fully saturated rings. The minimum absolute atomic E-state index is 0.0781. The molecule has 0 aliphatic carbocycles. The number of hydrogen-bond donors (Lipinski definition) is 1. The van der Waals surface area contributed by atoms with Crippen molar-refractivity contribution in [3.05, 3.63) is 28.8 Å². The van der Waals surface area contributed by atoms with E-state index in [1.807, 2.05) is 18.7 Å². The fourth-order valence-corrected chi connectivity index (χ4v) is 2.49. The Kier molecular flexibility index (Phi) is 3.78. The molecule has 1 heterocycles. The number of carboxylic acids is 1. The third kappa shape index (κ3) is 2.76. The van der Waals surface area contributed by atoms with Crippen LogP contribution in [0.1, 0.15) is 24.2 Å². The van der Waals surface area contributed by atoms with Crippen LogP contribution in [0.3, 0.4) is 0 Å². The van der Waals surface area contributed by atoms with Gasteiger partial charge in [0.2, 0.25) is 0 Å². The molecule has 1 aromatic rings. The van der Waals surface area contributed by atoms with Crippen LogP contribution in [0.2, 0.25) is 5.02 Å². The Morgan fingerprint density at radius 1 is 1.39 bits per heavy atom. The fraction of sp³-hybridized carbons (Fsp3) is 0.462. The van der Waals surface area contributed by atoms with E-state index in [-0.39, 0.29) is 17.8 Å². The topological polar surface area (TPSA) is 49.8 Å². The van der Waals surface area contributed by atoms with Crippen LogP contribution >= 0.6 is 11.6 Å². The van der Waals surface area contributed by atoms with E-state index in [0.717, 1.165) is 0 Å². The zero-order valence-corrected chi connectivity index (χ0v) is 11.1. The van der Waals surface area contributed by atoms with Gasteiger partial charge >= 0.3 is 5.97 Å². The average Bonchev–Trinajstić information content (AvgIpc) is 2.27. The molecule has 1 N–H and O–H groups in total. The molecule has 18 heavy (non-hydrogen) atoms. The highest BCUT2D eigenvalue weighted by Gasteiger charge is 2.25. The SMILES string of the molecule is C[C@@H]1CN(c2cc(Cl)ccc2C(=O)O)C[C@H](C)O1. The van der Waals surface area contributed by atoms with Crippen molar-refractivity contribution in [2.45, 2.75) is 26.1 Å². The summed E-state index contributed by atoms with van der Waals surface area (Å²) in [5.74, 6) is -0.937. The molecule has 0 saturated carbocycles. The monoisotopic (exact) mass is 269 g/mol. The summed E-state index contributed by atoms with van der Waals surface area (Å²) in [7, 11) is 0. The summed E-state index contributed by atoms with van der Waals surface area (Å²) in [4.78, 5) is 13.3. The van der Waals surface area contributed by atoms with E-state index in [2.05, 4.69) is 0 Å². The summed E-state index contributed by atoms with van der Waals surface area (Å²) in [6.07, 6.45) is 0.156. The standard InChI is InChI=1S/C13H16ClNO3/c1-8-6-15(7-9(2)18-8)12-5-10(14)3-4-11(12)13(16)17/h3-5,8-9H,6-7H2,1-2H3,(H,16,17)/t8-,9+. The Hall–Kier alpha value is -1.26. The maximum Gasteiger partial charge on any atom is 0.337 e. The molecule has 4 nitrogen and oxygen atoms in total. The normalized spacial score (nSPS) is 24.1. The summed E-state index contributed by atoms with van der Waals surface area (Å²) in [6, 6.07) is 4.85. The van der Waals surface area contributed by atoms with Crippen LogP contribution in [0.5, 0.6) is 0 Å². The molecule has 2 atom stereocenters. The molecule has 0 bridgehead atoms. The predicted octanol–water partition coefficient (Wildman–Crippen LogP) is 2.65. The molecule has 1 aromatic carbocycles. The van der Waals surface area contributed by atoms with Crippen LogP contribution in [0.4, 0.5) is 5.69 Å². The number of anilines is 1. The first-order valence-corrected chi connectivity index (χ1v) is 6.28. The Morgan fingerprint density at radius 2 is 2.00 bits per heavy atom.